The van der Waals surface area contributed by atoms with Crippen LogP contribution in [0.2, 0.25) is 0 Å². The number of methoxy groups -OCH3 is 1. The SMILES string of the molecule is COC1CC(NCC(C)C#N)C1(C)C. The smallest absolute Gasteiger partial charge is 0.0666 e. The third-order valence-electron chi connectivity index (χ3n) is 3.35. The second kappa shape index (κ2) is 4.29. The summed E-state index contributed by atoms with van der Waals surface area (Å²) in [5, 5.41) is 12.1. The van der Waals surface area contributed by atoms with Crippen LogP contribution in [-0.2, 0) is 4.74 Å². The van der Waals surface area contributed by atoms with Crippen molar-refractivity contribution in [2.75, 3.05) is 13.7 Å². The van der Waals surface area contributed by atoms with Gasteiger partial charge in [0.25, 0.3) is 0 Å². The molecule has 1 N–H and O–H groups in total. The van der Waals surface area contributed by atoms with E-state index in [-0.39, 0.29) is 11.3 Å². The molecule has 0 aromatic rings. The van der Waals surface area contributed by atoms with Crippen LogP contribution in [0.25, 0.3) is 0 Å². The van der Waals surface area contributed by atoms with Gasteiger partial charge in [-0.1, -0.05) is 13.8 Å². The van der Waals surface area contributed by atoms with E-state index in [9.17, 15) is 0 Å². The van der Waals surface area contributed by atoms with Gasteiger partial charge in [0, 0.05) is 25.1 Å². The lowest BCUT2D eigenvalue weighted by Crippen LogP contribution is -2.61. The summed E-state index contributed by atoms with van der Waals surface area (Å²) in [6, 6.07) is 2.72. The van der Waals surface area contributed by atoms with E-state index < -0.39 is 0 Å². The van der Waals surface area contributed by atoms with E-state index in [1.54, 1.807) is 7.11 Å². The molecular weight excluding hydrogens is 176 g/mol. The molecule has 0 saturated heterocycles. The molecule has 3 nitrogen and oxygen atoms in total. The van der Waals surface area contributed by atoms with Gasteiger partial charge in [0.1, 0.15) is 0 Å². The molecule has 3 heteroatoms. The first-order valence-corrected chi connectivity index (χ1v) is 5.18. The van der Waals surface area contributed by atoms with Crippen molar-refractivity contribution in [1.82, 2.24) is 5.32 Å². The summed E-state index contributed by atoms with van der Waals surface area (Å²) < 4.78 is 5.36. The molecule has 14 heavy (non-hydrogen) atoms. The molecule has 0 aromatic heterocycles. The summed E-state index contributed by atoms with van der Waals surface area (Å²) in [5.41, 5.74) is 0.198. The Morgan fingerprint density at radius 2 is 2.29 bits per heavy atom. The van der Waals surface area contributed by atoms with Crippen molar-refractivity contribution in [3.05, 3.63) is 0 Å². The fourth-order valence-corrected chi connectivity index (χ4v) is 2.00. The Bertz CT molecular complexity index is 232. The molecule has 80 valence electrons. The van der Waals surface area contributed by atoms with Crippen LogP contribution in [0.15, 0.2) is 0 Å². The van der Waals surface area contributed by atoms with Crippen molar-refractivity contribution < 1.29 is 4.74 Å². The van der Waals surface area contributed by atoms with Crippen molar-refractivity contribution in [2.24, 2.45) is 11.3 Å². The number of nitriles is 1. The Morgan fingerprint density at radius 1 is 1.64 bits per heavy atom. The third kappa shape index (κ3) is 2.08. The first kappa shape index (κ1) is 11.5. The van der Waals surface area contributed by atoms with E-state index in [2.05, 4.69) is 25.2 Å². The van der Waals surface area contributed by atoms with Crippen LogP contribution < -0.4 is 5.32 Å². The van der Waals surface area contributed by atoms with Gasteiger partial charge in [-0.3, -0.25) is 0 Å². The van der Waals surface area contributed by atoms with E-state index in [4.69, 9.17) is 10.00 Å². The number of hydrogen-bond donors (Lipinski definition) is 1. The Hall–Kier alpha value is -0.590. The summed E-state index contributed by atoms with van der Waals surface area (Å²) in [6.07, 6.45) is 1.42. The Morgan fingerprint density at radius 3 is 2.71 bits per heavy atom. The molecule has 0 radical (unpaired) electrons. The van der Waals surface area contributed by atoms with Gasteiger partial charge in [-0.15, -0.1) is 0 Å². The molecule has 3 unspecified atom stereocenters. The summed E-state index contributed by atoms with van der Waals surface area (Å²) in [6.45, 7) is 7.13. The average Bonchev–Trinajstić information content (AvgIpc) is 2.16. The van der Waals surface area contributed by atoms with Crippen LogP contribution in [0.4, 0.5) is 0 Å². The fourth-order valence-electron chi connectivity index (χ4n) is 2.00. The van der Waals surface area contributed by atoms with Gasteiger partial charge in [-0.25, -0.2) is 0 Å². The largest absolute Gasteiger partial charge is 0.381 e. The van der Waals surface area contributed by atoms with Crippen LogP contribution in [0, 0.1) is 22.7 Å². The normalized spacial score (nSPS) is 31.6. The highest BCUT2D eigenvalue weighted by atomic mass is 16.5. The predicted octanol–water partition coefficient (Wildman–Crippen LogP) is 1.55. The molecule has 0 amide bonds. The quantitative estimate of drug-likeness (QED) is 0.742. The molecule has 0 aliphatic heterocycles. The maximum absolute atomic E-state index is 8.65. The molecule has 1 rings (SSSR count). The first-order valence-electron chi connectivity index (χ1n) is 5.18. The Labute approximate surface area is 86.4 Å². The maximum atomic E-state index is 8.65. The van der Waals surface area contributed by atoms with Crippen molar-refractivity contribution in [1.29, 1.82) is 5.26 Å². The average molecular weight is 196 g/mol. The summed E-state index contributed by atoms with van der Waals surface area (Å²) in [5.74, 6) is 0.0902. The molecule has 0 bridgehead atoms. The van der Waals surface area contributed by atoms with E-state index >= 15 is 0 Å². The number of nitrogens with zero attached hydrogens (tertiary/aromatic N) is 1. The topological polar surface area (TPSA) is 45.0 Å². The molecule has 0 spiro atoms. The van der Waals surface area contributed by atoms with Crippen molar-refractivity contribution in [3.8, 4) is 6.07 Å². The predicted molar refractivity (Wildman–Crippen MR) is 55.8 cm³/mol. The number of nitrogens with one attached hydrogen (secondary N) is 1. The molecule has 1 aliphatic rings. The van der Waals surface area contributed by atoms with E-state index in [1.807, 2.05) is 6.92 Å². The molecule has 0 heterocycles. The molecule has 1 aliphatic carbocycles. The van der Waals surface area contributed by atoms with Crippen LogP contribution in [-0.4, -0.2) is 25.8 Å². The Kier molecular flexibility index (Phi) is 3.52. The van der Waals surface area contributed by atoms with Gasteiger partial charge in [-0.2, -0.15) is 5.26 Å². The molecule has 0 aromatic carbocycles. The second-order valence-electron chi connectivity index (χ2n) is 4.77. The van der Waals surface area contributed by atoms with E-state index in [0.717, 1.165) is 13.0 Å². The van der Waals surface area contributed by atoms with Crippen LogP contribution in [0.1, 0.15) is 27.2 Å². The maximum Gasteiger partial charge on any atom is 0.0666 e. The highest BCUT2D eigenvalue weighted by Crippen LogP contribution is 2.42. The van der Waals surface area contributed by atoms with Gasteiger partial charge in [0.05, 0.1) is 18.1 Å². The number of rotatable bonds is 4. The highest BCUT2D eigenvalue weighted by Gasteiger charge is 2.48. The summed E-state index contributed by atoms with van der Waals surface area (Å²) in [7, 11) is 1.76. The third-order valence-corrected chi connectivity index (χ3v) is 3.35. The minimum absolute atomic E-state index is 0.0902. The van der Waals surface area contributed by atoms with Gasteiger partial charge >= 0.3 is 0 Å². The van der Waals surface area contributed by atoms with Crippen molar-refractivity contribution in [2.45, 2.75) is 39.3 Å². The number of hydrogen-bond acceptors (Lipinski definition) is 3. The monoisotopic (exact) mass is 196 g/mol. The summed E-state index contributed by atoms with van der Waals surface area (Å²) >= 11 is 0. The number of ether oxygens (including phenoxy) is 1. The zero-order valence-electron chi connectivity index (χ0n) is 9.50. The van der Waals surface area contributed by atoms with E-state index in [1.165, 1.54) is 0 Å². The lowest BCUT2D eigenvalue weighted by Gasteiger charge is -2.51. The van der Waals surface area contributed by atoms with Crippen molar-refractivity contribution >= 4 is 0 Å². The van der Waals surface area contributed by atoms with Gasteiger partial charge in [0.15, 0.2) is 0 Å². The minimum atomic E-state index is 0.0902. The van der Waals surface area contributed by atoms with Gasteiger partial charge < -0.3 is 10.1 Å². The Balaban J connectivity index is 2.33. The molecule has 3 atom stereocenters. The zero-order valence-corrected chi connectivity index (χ0v) is 9.50. The van der Waals surface area contributed by atoms with Crippen molar-refractivity contribution in [3.63, 3.8) is 0 Å². The lowest BCUT2D eigenvalue weighted by atomic mass is 9.64. The van der Waals surface area contributed by atoms with Crippen LogP contribution >= 0.6 is 0 Å². The lowest BCUT2D eigenvalue weighted by molar-refractivity contribution is -0.0976. The zero-order chi connectivity index (χ0) is 10.8. The fraction of sp³-hybridized carbons (Fsp3) is 0.909. The highest BCUT2D eigenvalue weighted by molar-refractivity contribution is 5.03. The molecule has 1 saturated carbocycles. The van der Waals surface area contributed by atoms with Crippen LogP contribution in [0.5, 0.6) is 0 Å². The summed E-state index contributed by atoms with van der Waals surface area (Å²) in [4.78, 5) is 0. The second-order valence-corrected chi connectivity index (χ2v) is 4.77. The van der Waals surface area contributed by atoms with E-state index in [0.29, 0.717) is 12.1 Å². The first-order chi connectivity index (χ1) is 6.52. The molecule has 1 fully saturated rings. The van der Waals surface area contributed by atoms with Gasteiger partial charge in [-0.05, 0) is 13.3 Å². The standard InChI is InChI=1S/C11H20N2O/c1-8(6-12)7-13-9-5-10(14-4)11(9,2)3/h8-10,13H,5,7H2,1-4H3. The van der Waals surface area contributed by atoms with Crippen LogP contribution in [0.3, 0.4) is 0 Å². The minimum Gasteiger partial charge on any atom is -0.381 e. The van der Waals surface area contributed by atoms with Gasteiger partial charge in [0.2, 0.25) is 0 Å². The molecular formula is C11H20N2O.